The number of anilines is 1. The first-order valence-electron chi connectivity index (χ1n) is 8.65. The van der Waals surface area contributed by atoms with Crippen molar-refractivity contribution in [3.63, 3.8) is 0 Å². The van der Waals surface area contributed by atoms with Gasteiger partial charge in [0.25, 0.3) is 0 Å². The lowest BCUT2D eigenvalue weighted by atomic mass is 9.87. The van der Waals surface area contributed by atoms with E-state index in [1.807, 2.05) is 0 Å². The van der Waals surface area contributed by atoms with Gasteiger partial charge in [0.15, 0.2) is 0 Å². The summed E-state index contributed by atoms with van der Waals surface area (Å²) in [5, 5.41) is 3.31. The monoisotopic (exact) mass is 327 g/mol. The molecule has 0 unspecified atom stereocenters. The summed E-state index contributed by atoms with van der Waals surface area (Å²) in [5.41, 5.74) is 8.19. The number of benzene rings is 1. The fraction of sp³-hybridized carbons (Fsp3) is 0.550. The van der Waals surface area contributed by atoms with Gasteiger partial charge in [0.2, 0.25) is 5.91 Å². The number of nitrogens with one attached hydrogen (secondary N) is 1. The lowest BCUT2D eigenvalue weighted by Gasteiger charge is -2.35. The first-order valence-corrected chi connectivity index (χ1v) is 8.65. The third-order valence-electron chi connectivity index (χ3n) is 4.70. The Morgan fingerprint density at radius 3 is 2.38 bits per heavy atom. The second-order valence-corrected chi connectivity index (χ2v) is 7.59. The van der Waals surface area contributed by atoms with Gasteiger partial charge in [-0.25, -0.2) is 0 Å². The number of nitrogens with two attached hydrogens (primary N) is 1. The number of rotatable bonds is 5. The molecule has 1 aliphatic heterocycles. The van der Waals surface area contributed by atoms with Gasteiger partial charge in [-0.3, -0.25) is 4.79 Å². The van der Waals surface area contributed by atoms with Crippen molar-refractivity contribution in [2.24, 2.45) is 5.73 Å². The van der Waals surface area contributed by atoms with Crippen LogP contribution in [-0.2, 0) is 10.2 Å². The Morgan fingerprint density at radius 1 is 1.33 bits per heavy atom. The molecule has 1 fully saturated rings. The van der Waals surface area contributed by atoms with Gasteiger partial charge in [0, 0.05) is 31.2 Å². The highest BCUT2D eigenvalue weighted by Gasteiger charge is 2.24. The number of primary amides is 1. The molecule has 4 heteroatoms. The van der Waals surface area contributed by atoms with Gasteiger partial charge in [0.1, 0.15) is 0 Å². The van der Waals surface area contributed by atoms with Crippen LogP contribution in [0.15, 0.2) is 24.3 Å². The zero-order valence-electron chi connectivity index (χ0n) is 15.0. The van der Waals surface area contributed by atoms with Crippen molar-refractivity contribution in [3.05, 3.63) is 29.8 Å². The van der Waals surface area contributed by atoms with Crippen LogP contribution in [0.5, 0.6) is 0 Å². The molecular weight excluding hydrogens is 298 g/mol. The Kier molecular flexibility index (Phi) is 5.90. The zero-order chi connectivity index (χ0) is 17.7. The minimum Gasteiger partial charge on any atom is -0.371 e. The molecule has 2 rings (SSSR count). The predicted molar refractivity (Wildman–Crippen MR) is 99.9 cm³/mol. The number of amides is 1. The van der Waals surface area contributed by atoms with Crippen molar-refractivity contribution >= 4 is 11.6 Å². The van der Waals surface area contributed by atoms with Gasteiger partial charge in [-0.1, -0.05) is 32.9 Å². The molecule has 24 heavy (non-hydrogen) atoms. The summed E-state index contributed by atoms with van der Waals surface area (Å²) in [7, 11) is 0. The molecule has 1 aliphatic rings. The molecular formula is C20H29N3O. The van der Waals surface area contributed by atoms with Crippen LogP contribution in [0.2, 0.25) is 0 Å². The molecule has 0 saturated carbocycles. The Bertz CT molecular complexity index is 587. The highest BCUT2D eigenvalue weighted by Crippen LogP contribution is 2.26. The highest BCUT2D eigenvalue weighted by molar-refractivity contribution is 5.80. The summed E-state index contributed by atoms with van der Waals surface area (Å²) in [6, 6.07) is 8.72. The number of carbonyl (C=O) groups excluding carboxylic acids is 1. The maximum atomic E-state index is 11.4. The molecule has 0 spiro atoms. The molecule has 3 N–H and O–H groups in total. The van der Waals surface area contributed by atoms with Crippen LogP contribution in [0.1, 0.15) is 45.6 Å². The van der Waals surface area contributed by atoms with Crippen LogP contribution in [0.3, 0.4) is 0 Å². The topological polar surface area (TPSA) is 58.4 Å². The molecule has 1 saturated heterocycles. The Balaban J connectivity index is 1.91. The molecule has 1 aromatic rings. The van der Waals surface area contributed by atoms with E-state index in [9.17, 15) is 4.79 Å². The van der Waals surface area contributed by atoms with E-state index < -0.39 is 6.04 Å². The third kappa shape index (κ3) is 4.75. The number of piperidine rings is 1. The lowest BCUT2D eigenvalue weighted by molar-refractivity contribution is -0.120. The summed E-state index contributed by atoms with van der Waals surface area (Å²) in [4.78, 5) is 13.8. The van der Waals surface area contributed by atoms with Crippen LogP contribution < -0.4 is 16.0 Å². The fourth-order valence-corrected chi connectivity index (χ4v) is 3.12. The van der Waals surface area contributed by atoms with E-state index in [-0.39, 0.29) is 11.3 Å². The quantitative estimate of drug-likeness (QED) is 0.817. The van der Waals surface area contributed by atoms with Crippen molar-refractivity contribution in [1.29, 1.82) is 0 Å². The van der Waals surface area contributed by atoms with Crippen LogP contribution in [0.25, 0.3) is 0 Å². The van der Waals surface area contributed by atoms with E-state index in [1.165, 1.54) is 11.3 Å². The predicted octanol–water partition coefficient (Wildman–Crippen LogP) is 2.42. The number of terminal acetylenes is 1. The van der Waals surface area contributed by atoms with Gasteiger partial charge in [0.05, 0.1) is 6.04 Å². The van der Waals surface area contributed by atoms with Gasteiger partial charge in [-0.05, 0) is 36.0 Å². The normalized spacial score (nSPS) is 17.3. The van der Waals surface area contributed by atoms with E-state index in [0.29, 0.717) is 12.5 Å². The number of hydrogen-bond acceptors (Lipinski definition) is 3. The van der Waals surface area contributed by atoms with E-state index in [4.69, 9.17) is 12.2 Å². The lowest BCUT2D eigenvalue weighted by Crippen LogP contribution is -2.50. The number of carbonyl (C=O) groups is 1. The van der Waals surface area contributed by atoms with Crippen LogP contribution in [0, 0.1) is 12.3 Å². The van der Waals surface area contributed by atoms with Crippen LogP contribution >= 0.6 is 0 Å². The van der Waals surface area contributed by atoms with Gasteiger partial charge < -0.3 is 16.0 Å². The summed E-state index contributed by atoms with van der Waals surface area (Å²) in [6.45, 7) is 8.61. The van der Waals surface area contributed by atoms with Crippen molar-refractivity contribution in [1.82, 2.24) is 5.32 Å². The molecule has 1 amide bonds. The van der Waals surface area contributed by atoms with Crippen molar-refractivity contribution in [2.45, 2.75) is 57.5 Å². The second-order valence-electron chi connectivity index (χ2n) is 7.59. The van der Waals surface area contributed by atoms with Gasteiger partial charge in [-0.2, -0.15) is 0 Å². The first-order chi connectivity index (χ1) is 11.3. The van der Waals surface area contributed by atoms with E-state index >= 15 is 0 Å². The molecule has 1 aromatic carbocycles. The Morgan fingerprint density at radius 2 is 1.92 bits per heavy atom. The fourth-order valence-electron chi connectivity index (χ4n) is 3.12. The first kappa shape index (κ1) is 18.4. The molecule has 0 aromatic heterocycles. The third-order valence-corrected chi connectivity index (χ3v) is 4.70. The van der Waals surface area contributed by atoms with Gasteiger partial charge >= 0.3 is 0 Å². The minimum absolute atomic E-state index is 0.177. The zero-order valence-corrected chi connectivity index (χ0v) is 15.0. The van der Waals surface area contributed by atoms with E-state index in [2.05, 4.69) is 61.2 Å². The molecule has 0 aliphatic carbocycles. The number of hydrogen-bond donors (Lipinski definition) is 2. The van der Waals surface area contributed by atoms with Crippen LogP contribution in [0.4, 0.5) is 5.69 Å². The molecule has 0 bridgehead atoms. The maximum absolute atomic E-state index is 11.4. The van der Waals surface area contributed by atoms with Crippen molar-refractivity contribution in [2.75, 3.05) is 18.0 Å². The number of nitrogens with zero attached hydrogens (tertiary/aromatic N) is 1. The largest absolute Gasteiger partial charge is 0.371 e. The second kappa shape index (κ2) is 7.72. The molecule has 130 valence electrons. The minimum atomic E-state index is -0.419. The highest BCUT2D eigenvalue weighted by atomic mass is 16.1. The average Bonchev–Trinajstić information content (AvgIpc) is 2.54. The van der Waals surface area contributed by atoms with Crippen molar-refractivity contribution in [3.8, 4) is 12.3 Å². The Labute approximate surface area is 145 Å². The van der Waals surface area contributed by atoms with E-state index in [1.54, 1.807) is 0 Å². The summed E-state index contributed by atoms with van der Waals surface area (Å²) in [6.07, 6.45) is 7.62. The SMILES string of the molecule is C#CC[C@@H](NC1CCN(c2ccc(C(C)(C)C)cc2)CC1)C(N)=O. The van der Waals surface area contributed by atoms with E-state index in [0.717, 1.165) is 25.9 Å². The standard InChI is InChI=1S/C20H29N3O/c1-5-6-18(19(21)24)22-16-11-13-23(14-12-16)17-9-7-15(8-10-17)20(2,3)4/h1,7-10,16,18,22H,6,11-14H2,2-4H3,(H2,21,24)/t18-/m1/s1. The molecule has 1 atom stereocenters. The molecule has 4 nitrogen and oxygen atoms in total. The van der Waals surface area contributed by atoms with Crippen LogP contribution in [-0.4, -0.2) is 31.1 Å². The maximum Gasteiger partial charge on any atom is 0.235 e. The average molecular weight is 327 g/mol. The molecule has 0 radical (unpaired) electrons. The Hall–Kier alpha value is -1.99. The van der Waals surface area contributed by atoms with Crippen molar-refractivity contribution < 1.29 is 4.79 Å². The van der Waals surface area contributed by atoms with Gasteiger partial charge in [-0.15, -0.1) is 12.3 Å². The summed E-state index contributed by atoms with van der Waals surface area (Å²) in [5.74, 6) is 2.15. The summed E-state index contributed by atoms with van der Waals surface area (Å²) < 4.78 is 0. The molecule has 1 heterocycles. The smallest absolute Gasteiger partial charge is 0.235 e. The summed E-state index contributed by atoms with van der Waals surface area (Å²) >= 11 is 0.